The molecule has 2 N–H and O–H groups in total. The maximum Gasteiger partial charge on any atom is 0.260 e. The topological polar surface area (TPSA) is 107 Å². The molecule has 4 aromatic carbocycles. The molecule has 0 aromatic heterocycles. The van der Waals surface area contributed by atoms with E-state index in [1.165, 1.54) is 41.3 Å². The Bertz CT molecular complexity index is 2170. The molecule has 0 bridgehead atoms. The fraction of sp³-hybridized carbons (Fsp3) is 0.200. The normalized spacial score (nSPS) is 26.8. The number of hydrogen-bond acceptors (Lipinski definition) is 6. The van der Waals surface area contributed by atoms with Crippen LogP contribution in [-0.4, -0.2) is 33.7 Å². The van der Waals surface area contributed by atoms with Crippen molar-refractivity contribution in [1.82, 2.24) is 5.01 Å². The van der Waals surface area contributed by atoms with Gasteiger partial charge in [0.25, 0.3) is 11.8 Å². The van der Waals surface area contributed by atoms with E-state index in [1.54, 1.807) is 54.6 Å². The summed E-state index contributed by atoms with van der Waals surface area (Å²) in [5.41, 5.74) is 3.59. The third-order valence-electron chi connectivity index (χ3n) is 11.0. The van der Waals surface area contributed by atoms with Gasteiger partial charge in [0, 0.05) is 16.5 Å². The van der Waals surface area contributed by atoms with E-state index in [-0.39, 0.29) is 30.0 Å². The van der Waals surface area contributed by atoms with Crippen LogP contribution >= 0.6 is 11.6 Å². The van der Waals surface area contributed by atoms with Gasteiger partial charge in [0.15, 0.2) is 11.6 Å². The summed E-state index contributed by atoms with van der Waals surface area (Å²) in [7, 11) is 0. The van der Waals surface area contributed by atoms with Crippen LogP contribution in [0.1, 0.15) is 35.4 Å². The minimum atomic E-state index is -1.75. The van der Waals surface area contributed by atoms with Crippen LogP contribution in [0.25, 0.3) is 6.08 Å². The number of imide groups is 2. The van der Waals surface area contributed by atoms with Gasteiger partial charge in [-0.05, 0) is 84.5 Å². The lowest BCUT2D eigenvalue weighted by atomic mass is 9.49. The number of aromatic hydroxyl groups is 1. The number of nitrogens with zero attached hydrogens (tertiary/aromatic N) is 2. The van der Waals surface area contributed by atoms with E-state index in [0.717, 1.165) is 16.6 Å². The number of rotatable bonds is 6. The number of allylic oxidation sites excluding steroid dienone is 2. The Hall–Kier alpha value is -5.61. The van der Waals surface area contributed by atoms with Crippen molar-refractivity contribution in [2.24, 2.45) is 23.7 Å². The molecule has 2 saturated heterocycles. The molecule has 8 nitrogen and oxygen atoms in total. The van der Waals surface area contributed by atoms with Crippen molar-refractivity contribution in [2.75, 3.05) is 10.3 Å². The number of halogens is 3. The number of carbonyl (C=O) groups is 4. The molecule has 2 aliphatic carbocycles. The van der Waals surface area contributed by atoms with Crippen molar-refractivity contribution in [2.45, 2.75) is 24.2 Å². The standard InChI is InChI=1S/C40H30ClF2N3O5/c1-2-21-6-16-26(17-7-21)45-36(48)28-19-18-27-30(33(28)38(45)50)20-31-37(49)46(44-25-14-12-24(42)13-15-25)39(51)40(31,22-8-10-23(41)11-9-22)34(27)29-4-3-5-32(43)35(29)47/h2-18,28,30-31,33-34,44,47H,1,19-20H2/t28-,30+,31-,33-,34+,40+/m0/s1. The van der Waals surface area contributed by atoms with Gasteiger partial charge in [0.2, 0.25) is 11.8 Å². The van der Waals surface area contributed by atoms with Crippen molar-refractivity contribution in [1.29, 1.82) is 0 Å². The van der Waals surface area contributed by atoms with Crippen molar-refractivity contribution in [3.63, 3.8) is 0 Å². The van der Waals surface area contributed by atoms with Crippen LogP contribution in [-0.2, 0) is 24.6 Å². The molecule has 8 rings (SSSR count). The second-order valence-electron chi connectivity index (χ2n) is 13.4. The van der Waals surface area contributed by atoms with Crippen molar-refractivity contribution in [3.8, 4) is 5.75 Å². The van der Waals surface area contributed by atoms with E-state index in [2.05, 4.69) is 12.0 Å². The Morgan fingerprint density at radius 1 is 0.863 bits per heavy atom. The molecule has 0 spiro atoms. The maximum absolute atomic E-state index is 15.3. The van der Waals surface area contributed by atoms with E-state index in [0.29, 0.717) is 21.8 Å². The SMILES string of the molecule is C=Cc1ccc(N2C(=O)[C@H]3[C@H](CC=C4[C@H]3C[C@H]3C(=O)N(Nc5ccc(F)cc5)C(=O)[C@@]3(c3ccc(Cl)cc3)[C@H]4c3cccc(F)c3O)C2=O)cc1. The first-order valence-electron chi connectivity index (χ1n) is 16.5. The van der Waals surface area contributed by atoms with Crippen LogP contribution < -0.4 is 10.3 Å². The van der Waals surface area contributed by atoms with Crippen LogP contribution in [0.2, 0.25) is 5.02 Å². The van der Waals surface area contributed by atoms with Crippen molar-refractivity contribution < 1.29 is 33.1 Å². The molecule has 0 radical (unpaired) electrons. The molecule has 2 aliphatic heterocycles. The molecule has 3 fully saturated rings. The van der Waals surface area contributed by atoms with Crippen LogP contribution in [0.4, 0.5) is 20.2 Å². The third-order valence-corrected chi connectivity index (χ3v) is 11.2. The smallest absolute Gasteiger partial charge is 0.260 e. The van der Waals surface area contributed by atoms with E-state index in [4.69, 9.17) is 11.6 Å². The number of amides is 4. The molecule has 11 heteroatoms. The quantitative estimate of drug-likeness (QED) is 0.163. The molecule has 1 saturated carbocycles. The van der Waals surface area contributed by atoms with E-state index in [1.807, 2.05) is 6.08 Å². The predicted molar refractivity (Wildman–Crippen MR) is 186 cm³/mol. The Kier molecular flexibility index (Phi) is 7.68. The molecule has 51 heavy (non-hydrogen) atoms. The lowest BCUT2D eigenvalue weighted by molar-refractivity contribution is -0.138. The number of hydrazine groups is 1. The molecule has 4 amide bonds. The number of para-hydroxylation sites is 1. The lowest BCUT2D eigenvalue weighted by Crippen LogP contribution is -2.53. The molecular formula is C40H30ClF2N3O5. The monoisotopic (exact) mass is 705 g/mol. The third kappa shape index (κ3) is 4.76. The zero-order chi connectivity index (χ0) is 35.8. The van der Waals surface area contributed by atoms with Crippen LogP contribution in [0.15, 0.2) is 109 Å². The van der Waals surface area contributed by atoms with Gasteiger partial charge in [-0.3, -0.25) is 29.5 Å². The molecule has 2 heterocycles. The fourth-order valence-corrected chi connectivity index (χ4v) is 8.90. The zero-order valence-electron chi connectivity index (χ0n) is 26.9. The van der Waals surface area contributed by atoms with E-state index >= 15 is 9.18 Å². The Morgan fingerprint density at radius 2 is 1.57 bits per heavy atom. The number of fused-ring (bicyclic) bond motifs is 4. The number of nitrogens with one attached hydrogen (secondary N) is 1. The Morgan fingerprint density at radius 3 is 2.25 bits per heavy atom. The summed E-state index contributed by atoms with van der Waals surface area (Å²) in [6.45, 7) is 3.76. The highest BCUT2D eigenvalue weighted by Gasteiger charge is 2.70. The summed E-state index contributed by atoms with van der Waals surface area (Å²) < 4.78 is 29.1. The molecule has 6 atom stereocenters. The number of carbonyl (C=O) groups excluding carboxylic acids is 4. The average Bonchev–Trinajstić information content (AvgIpc) is 3.51. The number of anilines is 2. The van der Waals surface area contributed by atoms with Gasteiger partial charge in [-0.15, -0.1) is 0 Å². The highest BCUT2D eigenvalue weighted by Crippen LogP contribution is 2.65. The fourth-order valence-electron chi connectivity index (χ4n) is 8.78. The molecule has 4 aromatic rings. The number of phenols is 1. The minimum absolute atomic E-state index is 0.00334. The summed E-state index contributed by atoms with van der Waals surface area (Å²) in [5, 5.41) is 12.6. The second kappa shape index (κ2) is 12.0. The average molecular weight is 706 g/mol. The van der Waals surface area contributed by atoms with Gasteiger partial charge in [0.05, 0.1) is 34.5 Å². The van der Waals surface area contributed by atoms with Crippen LogP contribution in [0, 0.1) is 35.3 Å². The Balaban J connectivity index is 1.32. The van der Waals surface area contributed by atoms with Gasteiger partial charge in [-0.2, -0.15) is 5.01 Å². The number of hydrogen-bond donors (Lipinski definition) is 2. The lowest BCUT2D eigenvalue weighted by Gasteiger charge is -2.50. The van der Waals surface area contributed by atoms with Gasteiger partial charge < -0.3 is 5.11 Å². The highest BCUT2D eigenvalue weighted by atomic mass is 35.5. The van der Waals surface area contributed by atoms with Gasteiger partial charge in [-0.25, -0.2) is 8.78 Å². The summed E-state index contributed by atoms with van der Waals surface area (Å²) in [4.78, 5) is 59.3. The summed E-state index contributed by atoms with van der Waals surface area (Å²) in [5.74, 6) is -8.89. The predicted octanol–water partition coefficient (Wildman–Crippen LogP) is 7.16. The van der Waals surface area contributed by atoms with E-state index in [9.17, 15) is 23.9 Å². The van der Waals surface area contributed by atoms with Crippen molar-refractivity contribution in [3.05, 3.63) is 143 Å². The largest absolute Gasteiger partial charge is 0.505 e. The first kappa shape index (κ1) is 32.6. The minimum Gasteiger partial charge on any atom is -0.505 e. The molecule has 0 unspecified atom stereocenters. The number of phenolic OH excluding ortho intramolecular Hbond substituents is 1. The summed E-state index contributed by atoms with van der Waals surface area (Å²) >= 11 is 6.30. The van der Waals surface area contributed by atoms with Crippen molar-refractivity contribution >= 4 is 52.7 Å². The number of benzene rings is 4. The molecule has 256 valence electrons. The van der Waals surface area contributed by atoms with Crippen LogP contribution in [0.5, 0.6) is 5.75 Å². The molecule has 4 aliphatic rings. The summed E-state index contributed by atoms with van der Waals surface area (Å²) in [6, 6.07) is 22.5. The molecular weight excluding hydrogens is 676 g/mol. The highest BCUT2D eigenvalue weighted by molar-refractivity contribution is 6.30. The first-order valence-corrected chi connectivity index (χ1v) is 16.9. The van der Waals surface area contributed by atoms with Gasteiger partial charge in [0.1, 0.15) is 5.82 Å². The van der Waals surface area contributed by atoms with Gasteiger partial charge >= 0.3 is 0 Å². The van der Waals surface area contributed by atoms with Gasteiger partial charge in [-0.1, -0.05) is 72.3 Å². The Labute approximate surface area is 296 Å². The summed E-state index contributed by atoms with van der Waals surface area (Å²) in [6.07, 6.45) is 3.61. The van der Waals surface area contributed by atoms with Crippen LogP contribution in [0.3, 0.4) is 0 Å². The van der Waals surface area contributed by atoms with E-state index < -0.39 is 70.1 Å². The second-order valence-corrected chi connectivity index (χ2v) is 13.8. The maximum atomic E-state index is 15.3. The zero-order valence-corrected chi connectivity index (χ0v) is 27.7. The first-order chi connectivity index (χ1) is 24.6.